The Kier molecular flexibility index (Phi) is 7.75. The van der Waals surface area contributed by atoms with Crippen molar-refractivity contribution < 1.29 is 19.5 Å². The molecule has 0 aliphatic heterocycles. The lowest BCUT2D eigenvalue weighted by atomic mass is 10.1. The van der Waals surface area contributed by atoms with E-state index < -0.39 is 5.97 Å². The Balaban J connectivity index is 1.19. The standard InChI is InChI=1S/C31H27N3O4/c35-31(36)19-18-28(24-8-3-1-4-9-24)33-38-21-23-14-16-27(17-15-23)37-22-26-20-34-29(12-7-13-30(34)32-26)25-10-5-2-6-11-25/h1-17,20H,18-19,21-22H2,(H,35,36)/b33-28-. The molecule has 2 heterocycles. The highest BCUT2D eigenvalue weighted by Gasteiger charge is 2.09. The highest BCUT2D eigenvalue weighted by atomic mass is 16.6. The van der Waals surface area contributed by atoms with E-state index in [1.807, 2.05) is 91.1 Å². The number of hydrogen-bond donors (Lipinski definition) is 1. The predicted octanol–water partition coefficient (Wildman–Crippen LogP) is 6.37. The van der Waals surface area contributed by atoms with Crippen LogP contribution in [0.1, 0.15) is 29.7 Å². The Hall–Kier alpha value is -4.91. The molecule has 0 unspecified atom stereocenters. The van der Waals surface area contributed by atoms with E-state index in [0.29, 0.717) is 18.7 Å². The van der Waals surface area contributed by atoms with Gasteiger partial charge < -0.3 is 14.7 Å². The monoisotopic (exact) mass is 505 g/mol. The average Bonchev–Trinajstić information content (AvgIpc) is 3.38. The molecule has 0 atom stereocenters. The van der Waals surface area contributed by atoms with Crippen molar-refractivity contribution in [3.63, 3.8) is 0 Å². The fourth-order valence-electron chi connectivity index (χ4n) is 4.10. The second-order valence-electron chi connectivity index (χ2n) is 8.74. The van der Waals surface area contributed by atoms with Gasteiger partial charge in [-0.3, -0.25) is 9.20 Å². The fourth-order valence-corrected chi connectivity index (χ4v) is 4.10. The molecule has 0 amide bonds. The van der Waals surface area contributed by atoms with Crippen LogP contribution in [0, 0.1) is 0 Å². The van der Waals surface area contributed by atoms with Crippen molar-refractivity contribution in [3.8, 4) is 17.0 Å². The van der Waals surface area contributed by atoms with Gasteiger partial charge in [0.05, 0.1) is 23.5 Å². The Bertz CT molecular complexity index is 1530. The summed E-state index contributed by atoms with van der Waals surface area (Å²) in [5.41, 5.74) is 6.29. The molecule has 0 fully saturated rings. The fraction of sp³-hybridized carbons (Fsp3) is 0.129. The van der Waals surface area contributed by atoms with Crippen molar-refractivity contribution in [1.29, 1.82) is 0 Å². The van der Waals surface area contributed by atoms with Crippen LogP contribution in [0.5, 0.6) is 5.75 Å². The molecule has 0 bridgehead atoms. The van der Waals surface area contributed by atoms with E-state index in [-0.39, 0.29) is 13.0 Å². The molecule has 38 heavy (non-hydrogen) atoms. The van der Waals surface area contributed by atoms with E-state index in [2.05, 4.69) is 27.8 Å². The van der Waals surface area contributed by atoms with E-state index >= 15 is 0 Å². The van der Waals surface area contributed by atoms with Gasteiger partial charge in [0.1, 0.15) is 24.6 Å². The molecular weight excluding hydrogens is 478 g/mol. The summed E-state index contributed by atoms with van der Waals surface area (Å²) < 4.78 is 8.06. The number of aromatic nitrogens is 2. The number of ether oxygens (including phenoxy) is 1. The molecule has 5 rings (SSSR count). The first kappa shape index (κ1) is 24.8. The van der Waals surface area contributed by atoms with E-state index in [4.69, 9.17) is 19.7 Å². The maximum atomic E-state index is 11.0. The van der Waals surface area contributed by atoms with Crippen molar-refractivity contribution in [1.82, 2.24) is 9.38 Å². The molecule has 0 spiro atoms. The van der Waals surface area contributed by atoms with Crippen molar-refractivity contribution in [2.75, 3.05) is 0 Å². The number of carboxylic acids is 1. The minimum atomic E-state index is -0.871. The third-order valence-corrected chi connectivity index (χ3v) is 6.01. The number of benzene rings is 3. The third kappa shape index (κ3) is 6.25. The van der Waals surface area contributed by atoms with Gasteiger partial charge in [0.2, 0.25) is 0 Å². The van der Waals surface area contributed by atoms with Crippen LogP contribution in [0.3, 0.4) is 0 Å². The summed E-state index contributed by atoms with van der Waals surface area (Å²) in [6.07, 6.45) is 2.29. The summed E-state index contributed by atoms with van der Waals surface area (Å²) in [6.45, 7) is 0.610. The quantitative estimate of drug-likeness (QED) is 0.167. The van der Waals surface area contributed by atoms with Crippen LogP contribution < -0.4 is 4.74 Å². The smallest absolute Gasteiger partial charge is 0.303 e. The van der Waals surface area contributed by atoms with Crippen LogP contribution in [0.15, 0.2) is 114 Å². The largest absolute Gasteiger partial charge is 0.487 e. The molecule has 2 aromatic heterocycles. The summed E-state index contributed by atoms with van der Waals surface area (Å²) in [5, 5.41) is 13.3. The van der Waals surface area contributed by atoms with Crippen molar-refractivity contribution in [2.24, 2.45) is 5.16 Å². The van der Waals surface area contributed by atoms with Crippen molar-refractivity contribution in [3.05, 3.63) is 126 Å². The zero-order valence-corrected chi connectivity index (χ0v) is 20.7. The molecule has 0 radical (unpaired) electrons. The lowest BCUT2D eigenvalue weighted by Crippen LogP contribution is -2.06. The molecule has 7 heteroatoms. The maximum absolute atomic E-state index is 11.0. The van der Waals surface area contributed by atoms with Gasteiger partial charge in [0.25, 0.3) is 0 Å². The number of nitrogens with zero attached hydrogens (tertiary/aromatic N) is 3. The number of imidazole rings is 1. The first-order valence-electron chi connectivity index (χ1n) is 12.4. The van der Waals surface area contributed by atoms with Crippen LogP contribution in [-0.2, 0) is 22.8 Å². The molecular formula is C31H27N3O4. The minimum Gasteiger partial charge on any atom is -0.487 e. The van der Waals surface area contributed by atoms with E-state index in [1.54, 1.807) is 0 Å². The molecule has 0 saturated heterocycles. The number of hydrogen-bond acceptors (Lipinski definition) is 5. The summed E-state index contributed by atoms with van der Waals surface area (Å²) in [6, 6.07) is 33.4. The Morgan fingerprint density at radius 3 is 2.29 bits per heavy atom. The molecule has 3 aromatic carbocycles. The van der Waals surface area contributed by atoms with Gasteiger partial charge in [0, 0.05) is 12.6 Å². The summed E-state index contributed by atoms with van der Waals surface area (Å²) in [7, 11) is 0. The summed E-state index contributed by atoms with van der Waals surface area (Å²) >= 11 is 0. The van der Waals surface area contributed by atoms with Crippen LogP contribution in [0.4, 0.5) is 0 Å². The number of carbonyl (C=O) groups is 1. The molecule has 0 aliphatic rings. The van der Waals surface area contributed by atoms with Gasteiger partial charge in [-0.15, -0.1) is 0 Å². The van der Waals surface area contributed by atoms with Gasteiger partial charge >= 0.3 is 5.97 Å². The number of aliphatic carboxylic acids is 1. The highest BCUT2D eigenvalue weighted by molar-refractivity contribution is 6.01. The van der Waals surface area contributed by atoms with Crippen molar-refractivity contribution in [2.45, 2.75) is 26.1 Å². The molecule has 190 valence electrons. The number of oxime groups is 1. The van der Waals surface area contributed by atoms with Crippen LogP contribution in [0.2, 0.25) is 0 Å². The molecule has 1 N–H and O–H groups in total. The Morgan fingerprint density at radius 1 is 0.816 bits per heavy atom. The zero-order valence-electron chi connectivity index (χ0n) is 20.7. The van der Waals surface area contributed by atoms with Crippen LogP contribution >= 0.6 is 0 Å². The Labute approximate surface area is 220 Å². The molecule has 7 nitrogen and oxygen atoms in total. The number of pyridine rings is 1. The number of rotatable bonds is 11. The molecule has 0 aliphatic carbocycles. The van der Waals surface area contributed by atoms with Gasteiger partial charge in [-0.1, -0.05) is 84.0 Å². The lowest BCUT2D eigenvalue weighted by Gasteiger charge is -2.07. The maximum Gasteiger partial charge on any atom is 0.303 e. The SMILES string of the molecule is O=C(O)CC/C(=N/OCc1ccc(OCc2cn3c(-c4ccccc4)cccc3n2)cc1)c1ccccc1. The summed E-state index contributed by atoms with van der Waals surface area (Å²) in [5.74, 6) is -0.145. The van der Waals surface area contributed by atoms with E-state index in [9.17, 15) is 4.79 Å². The van der Waals surface area contributed by atoms with Crippen molar-refractivity contribution >= 4 is 17.3 Å². The minimum absolute atomic E-state index is 0.0109. The van der Waals surface area contributed by atoms with Gasteiger partial charge in [-0.25, -0.2) is 4.98 Å². The average molecular weight is 506 g/mol. The number of fused-ring (bicyclic) bond motifs is 1. The normalized spacial score (nSPS) is 11.4. The zero-order chi connectivity index (χ0) is 26.2. The highest BCUT2D eigenvalue weighted by Crippen LogP contribution is 2.22. The lowest BCUT2D eigenvalue weighted by molar-refractivity contribution is -0.136. The topological polar surface area (TPSA) is 85.4 Å². The predicted molar refractivity (Wildman–Crippen MR) is 146 cm³/mol. The first-order chi connectivity index (χ1) is 18.7. The molecule has 0 saturated carbocycles. The van der Waals surface area contributed by atoms with Gasteiger partial charge in [0.15, 0.2) is 0 Å². The molecule has 5 aromatic rings. The van der Waals surface area contributed by atoms with Crippen LogP contribution in [-0.4, -0.2) is 26.2 Å². The van der Waals surface area contributed by atoms with Crippen LogP contribution in [0.25, 0.3) is 16.9 Å². The number of carboxylic acid groups (broad SMARTS) is 1. The Morgan fingerprint density at radius 2 is 1.55 bits per heavy atom. The van der Waals surface area contributed by atoms with Gasteiger partial charge in [-0.2, -0.15) is 0 Å². The van der Waals surface area contributed by atoms with E-state index in [0.717, 1.165) is 39.5 Å². The third-order valence-electron chi connectivity index (χ3n) is 6.01. The second-order valence-corrected chi connectivity index (χ2v) is 8.74. The summed E-state index contributed by atoms with van der Waals surface area (Å²) in [4.78, 5) is 21.3. The van der Waals surface area contributed by atoms with E-state index in [1.165, 1.54) is 0 Å². The first-order valence-corrected chi connectivity index (χ1v) is 12.4. The second kappa shape index (κ2) is 11.9. The van der Waals surface area contributed by atoms with Gasteiger partial charge in [-0.05, 0) is 41.0 Å².